The minimum absolute atomic E-state index is 0.000999. The van der Waals surface area contributed by atoms with Gasteiger partial charge in [-0.2, -0.15) is 18.3 Å². The second-order valence-corrected chi connectivity index (χ2v) is 8.98. The first-order valence-corrected chi connectivity index (χ1v) is 12.1. The summed E-state index contributed by atoms with van der Waals surface area (Å²) in [6.45, 7) is 1.64. The number of hydrogen-bond donors (Lipinski definition) is 1. The van der Waals surface area contributed by atoms with Crippen LogP contribution in [-0.2, 0) is 6.18 Å². The monoisotopic (exact) mass is 525 g/mol. The van der Waals surface area contributed by atoms with Crippen LogP contribution in [0.25, 0.3) is 16.9 Å². The second kappa shape index (κ2) is 10.4. The number of aliphatic hydroxyl groups is 1. The van der Waals surface area contributed by atoms with Gasteiger partial charge in [0.2, 0.25) is 0 Å². The van der Waals surface area contributed by atoms with Crippen LogP contribution in [0.1, 0.15) is 27.7 Å². The van der Waals surface area contributed by atoms with Crippen LogP contribution in [-0.4, -0.2) is 75.3 Å². The zero-order valence-corrected chi connectivity index (χ0v) is 20.6. The van der Waals surface area contributed by atoms with E-state index in [0.29, 0.717) is 42.0 Å². The number of carbonyl (C=O) groups excluding carboxylic acids is 1. The molecule has 8 nitrogen and oxygen atoms in total. The molecule has 5 rings (SSSR count). The molecule has 0 unspecified atom stereocenters. The van der Waals surface area contributed by atoms with Gasteiger partial charge in [-0.1, -0.05) is 30.3 Å². The lowest BCUT2D eigenvalue weighted by atomic mass is 10.1. The van der Waals surface area contributed by atoms with E-state index in [9.17, 15) is 23.1 Å². The Morgan fingerprint density at radius 2 is 1.74 bits per heavy atom. The minimum atomic E-state index is -4.71. The van der Waals surface area contributed by atoms with Gasteiger partial charge in [0.25, 0.3) is 5.91 Å². The van der Waals surface area contributed by atoms with Gasteiger partial charge in [-0.05, 0) is 35.9 Å². The van der Waals surface area contributed by atoms with Crippen molar-refractivity contribution in [1.29, 1.82) is 0 Å². The number of halogens is 3. The third-order valence-corrected chi connectivity index (χ3v) is 6.78. The van der Waals surface area contributed by atoms with Crippen molar-refractivity contribution in [3.05, 3.63) is 83.7 Å². The van der Waals surface area contributed by atoms with Gasteiger partial charge >= 0.3 is 6.18 Å². The maximum absolute atomic E-state index is 14.0. The number of fused-ring (bicyclic) bond motifs is 1. The minimum Gasteiger partial charge on any atom is -0.497 e. The number of piperazine rings is 1. The predicted molar refractivity (Wildman–Crippen MR) is 134 cm³/mol. The molecule has 38 heavy (non-hydrogen) atoms. The van der Waals surface area contributed by atoms with Gasteiger partial charge in [0.15, 0.2) is 11.3 Å². The van der Waals surface area contributed by atoms with Crippen molar-refractivity contribution in [3.63, 3.8) is 0 Å². The van der Waals surface area contributed by atoms with E-state index in [1.54, 1.807) is 29.2 Å². The SMILES string of the molecule is COc1ccc(-c2cc(C(F)(F)F)n3ncc(C(=O)N4CCN([C@@H](CO)c5ccccc5)CC4)c3n2)cc1. The summed E-state index contributed by atoms with van der Waals surface area (Å²) in [5.74, 6) is 0.119. The maximum Gasteiger partial charge on any atom is 0.433 e. The fourth-order valence-electron chi connectivity index (χ4n) is 4.74. The second-order valence-electron chi connectivity index (χ2n) is 8.98. The van der Waals surface area contributed by atoms with E-state index in [1.807, 2.05) is 30.3 Å². The molecule has 1 amide bonds. The predicted octanol–water partition coefficient (Wildman–Crippen LogP) is 3.92. The first-order valence-electron chi connectivity index (χ1n) is 12.1. The lowest BCUT2D eigenvalue weighted by Gasteiger charge is -2.38. The van der Waals surface area contributed by atoms with Gasteiger partial charge in [-0.25, -0.2) is 9.50 Å². The van der Waals surface area contributed by atoms with Gasteiger partial charge in [0.05, 0.1) is 31.6 Å². The molecular formula is C27H26F3N5O3. The molecule has 1 aliphatic rings. The Morgan fingerprint density at radius 3 is 2.34 bits per heavy atom. The lowest BCUT2D eigenvalue weighted by Crippen LogP contribution is -2.50. The molecule has 1 N–H and O–H groups in total. The number of alkyl halides is 3. The van der Waals surface area contributed by atoms with Crippen LogP contribution in [0.3, 0.4) is 0 Å². The number of aromatic nitrogens is 3. The number of nitrogens with zero attached hydrogens (tertiary/aromatic N) is 5. The van der Waals surface area contributed by atoms with Crippen molar-refractivity contribution in [2.75, 3.05) is 39.9 Å². The summed E-state index contributed by atoms with van der Waals surface area (Å²) >= 11 is 0. The lowest BCUT2D eigenvalue weighted by molar-refractivity contribution is -0.142. The van der Waals surface area contributed by atoms with Gasteiger partial charge in [0, 0.05) is 31.7 Å². The number of benzene rings is 2. The Kier molecular flexibility index (Phi) is 7.04. The molecule has 1 aliphatic heterocycles. The molecule has 11 heteroatoms. The molecule has 0 saturated carbocycles. The summed E-state index contributed by atoms with van der Waals surface area (Å²) in [7, 11) is 1.50. The van der Waals surface area contributed by atoms with Crippen LogP contribution in [0.2, 0.25) is 0 Å². The average molecular weight is 526 g/mol. The molecule has 3 heterocycles. The highest BCUT2D eigenvalue weighted by atomic mass is 19.4. The Labute approximate surface area is 216 Å². The first kappa shape index (κ1) is 25.7. The topological polar surface area (TPSA) is 83.2 Å². The van der Waals surface area contributed by atoms with Gasteiger partial charge in [-0.3, -0.25) is 9.69 Å². The normalized spacial score (nSPS) is 15.6. The number of hydrogen-bond acceptors (Lipinski definition) is 6. The van der Waals surface area contributed by atoms with Crippen molar-refractivity contribution in [3.8, 4) is 17.0 Å². The fraction of sp³-hybridized carbons (Fsp3) is 0.296. The molecule has 198 valence electrons. The summed E-state index contributed by atoms with van der Waals surface area (Å²) < 4.78 is 47.7. The van der Waals surface area contributed by atoms with Crippen molar-refractivity contribution in [2.24, 2.45) is 0 Å². The Hall–Kier alpha value is -3.96. The molecule has 2 aromatic heterocycles. The van der Waals surface area contributed by atoms with E-state index < -0.39 is 17.8 Å². The molecule has 0 spiro atoms. The molecule has 0 bridgehead atoms. The zero-order valence-electron chi connectivity index (χ0n) is 20.6. The van der Waals surface area contributed by atoms with E-state index >= 15 is 0 Å². The highest BCUT2D eigenvalue weighted by Crippen LogP contribution is 2.33. The summed E-state index contributed by atoms with van der Waals surface area (Å²) in [4.78, 5) is 21.5. The first-order chi connectivity index (χ1) is 18.3. The van der Waals surface area contributed by atoms with Crippen LogP contribution in [0.5, 0.6) is 5.75 Å². The number of ether oxygens (including phenoxy) is 1. The summed E-state index contributed by atoms with van der Waals surface area (Å²) in [6.07, 6.45) is -3.57. The van der Waals surface area contributed by atoms with Crippen LogP contribution in [0.4, 0.5) is 13.2 Å². The van der Waals surface area contributed by atoms with Gasteiger partial charge in [0.1, 0.15) is 11.3 Å². The Balaban J connectivity index is 1.43. The molecule has 1 atom stereocenters. The van der Waals surface area contributed by atoms with E-state index in [1.165, 1.54) is 7.11 Å². The summed E-state index contributed by atoms with van der Waals surface area (Å²) in [5, 5.41) is 13.9. The molecule has 4 aromatic rings. The summed E-state index contributed by atoms with van der Waals surface area (Å²) in [6, 6.07) is 16.8. The third-order valence-electron chi connectivity index (χ3n) is 6.78. The van der Waals surface area contributed by atoms with Crippen molar-refractivity contribution in [1.82, 2.24) is 24.4 Å². The number of rotatable bonds is 6. The van der Waals surface area contributed by atoms with Crippen molar-refractivity contribution in [2.45, 2.75) is 12.2 Å². The van der Waals surface area contributed by atoms with Crippen LogP contribution in [0, 0.1) is 0 Å². The van der Waals surface area contributed by atoms with Gasteiger partial charge in [-0.15, -0.1) is 0 Å². The highest BCUT2D eigenvalue weighted by Gasteiger charge is 2.37. The molecule has 0 aliphatic carbocycles. The molecule has 0 radical (unpaired) electrons. The summed E-state index contributed by atoms with van der Waals surface area (Å²) in [5.41, 5.74) is 0.318. The highest BCUT2D eigenvalue weighted by molar-refractivity contribution is 6.00. The standard InChI is InChI=1S/C27H26F3N5O3/c1-38-20-9-7-18(8-10-20)22-15-24(27(28,29)30)35-25(32-22)21(16-31-35)26(37)34-13-11-33(12-14-34)23(17-36)19-5-3-2-4-6-19/h2-10,15-16,23,36H,11-14,17H2,1H3/t23-/m0/s1. The zero-order chi connectivity index (χ0) is 26.9. The fourth-order valence-corrected chi connectivity index (χ4v) is 4.74. The van der Waals surface area contributed by atoms with Crippen LogP contribution >= 0.6 is 0 Å². The van der Waals surface area contributed by atoms with Gasteiger partial charge < -0.3 is 14.7 Å². The number of aliphatic hydroxyl groups excluding tert-OH is 1. The third kappa shape index (κ3) is 4.94. The molecule has 2 aromatic carbocycles. The Bertz CT molecular complexity index is 1420. The number of methoxy groups -OCH3 is 1. The quantitative estimate of drug-likeness (QED) is 0.411. The largest absolute Gasteiger partial charge is 0.497 e. The molecular weight excluding hydrogens is 499 g/mol. The van der Waals surface area contributed by atoms with Crippen LogP contribution < -0.4 is 4.74 Å². The smallest absolute Gasteiger partial charge is 0.433 e. The van der Waals surface area contributed by atoms with E-state index in [4.69, 9.17) is 4.74 Å². The van der Waals surface area contributed by atoms with Crippen LogP contribution in [0.15, 0.2) is 66.9 Å². The van der Waals surface area contributed by atoms with E-state index in [2.05, 4.69) is 15.0 Å². The average Bonchev–Trinajstić information content (AvgIpc) is 3.37. The molecule has 1 saturated heterocycles. The maximum atomic E-state index is 14.0. The van der Waals surface area contributed by atoms with Crippen molar-refractivity contribution >= 4 is 11.6 Å². The number of carbonyl (C=O) groups is 1. The molecule has 1 fully saturated rings. The van der Waals surface area contributed by atoms with E-state index in [0.717, 1.165) is 17.8 Å². The van der Waals surface area contributed by atoms with Crippen molar-refractivity contribution < 1.29 is 27.8 Å². The Morgan fingerprint density at radius 1 is 1.05 bits per heavy atom. The van der Waals surface area contributed by atoms with E-state index in [-0.39, 0.29) is 29.6 Å². The number of amides is 1.